The SMILES string of the molecule is Cc1cc(-c2csc(NC(C)c3ccccc3)n2)c(C)n1-c1cccc(S(=O)(=O)N2CCOCC2)c1. The molecule has 0 amide bonds. The molecule has 2 aromatic carbocycles. The molecule has 0 aliphatic carbocycles. The summed E-state index contributed by atoms with van der Waals surface area (Å²) in [6, 6.07) is 19.7. The summed E-state index contributed by atoms with van der Waals surface area (Å²) in [4.78, 5) is 5.15. The van der Waals surface area contributed by atoms with E-state index in [0.29, 0.717) is 31.2 Å². The Morgan fingerprint density at radius 3 is 2.53 bits per heavy atom. The fourth-order valence-electron chi connectivity index (χ4n) is 4.61. The minimum atomic E-state index is -3.57. The lowest BCUT2D eigenvalue weighted by molar-refractivity contribution is 0.0730. The zero-order valence-electron chi connectivity index (χ0n) is 20.6. The molecule has 0 saturated carbocycles. The lowest BCUT2D eigenvalue weighted by Gasteiger charge is -2.26. The quantitative estimate of drug-likeness (QED) is 0.351. The van der Waals surface area contributed by atoms with Crippen LogP contribution in [0.25, 0.3) is 16.9 Å². The van der Waals surface area contributed by atoms with Crippen LogP contribution in [0.3, 0.4) is 0 Å². The number of nitrogens with zero attached hydrogens (tertiary/aromatic N) is 3. The third-order valence-electron chi connectivity index (χ3n) is 6.53. The molecule has 9 heteroatoms. The van der Waals surface area contributed by atoms with Crippen molar-refractivity contribution < 1.29 is 13.2 Å². The molecule has 0 radical (unpaired) electrons. The van der Waals surface area contributed by atoms with Gasteiger partial charge in [-0.15, -0.1) is 11.3 Å². The van der Waals surface area contributed by atoms with E-state index in [4.69, 9.17) is 9.72 Å². The van der Waals surface area contributed by atoms with E-state index < -0.39 is 10.0 Å². The highest BCUT2D eigenvalue weighted by atomic mass is 32.2. The molecule has 36 heavy (non-hydrogen) atoms. The fourth-order valence-corrected chi connectivity index (χ4v) is 6.86. The first-order valence-corrected chi connectivity index (χ1v) is 14.3. The summed E-state index contributed by atoms with van der Waals surface area (Å²) in [5.41, 5.74) is 5.99. The summed E-state index contributed by atoms with van der Waals surface area (Å²) < 4.78 is 35.3. The Bertz CT molecular complexity index is 1460. The van der Waals surface area contributed by atoms with Crippen LogP contribution in [-0.4, -0.2) is 48.6 Å². The van der Waals surface area contributed by atoms with Crippen molar-refractivity contribution in [2.45, 2.75) is 31.7 Å². The standard InChI is InChI=1S/C27H30N4O3S2/c1-19-16-25(26-18-35-27(29-26)28-20(2)22-8-5-4-6-9-22)21(3)31(19)23-10-7-11-24(17-23)36(32,33)30-12-14-34-15-13-30/h4-11,16-18,20H,12-15H2,1-3H3,(H,28,29). The van der Waals surface area contributed by atoms with Crippen molar-refractivity contribution in [3.8, 4) is 16.9 Å². The van der Waals surface area contributed by atoms with E-state index in [1.54, 1.807) is 29.5 Å². The van der Waals surface area contributed by atoms with Gasteiger partial charge in [-0.25, -0.2) is 13.4 Å². The van der Waals surface area contributed by atoms with Gasteiger partial charge in [-0.2, -0.15) is 4.31 Å². The van der Waals surface area contributed by atoms with Gasteiger partial charge in [0.15, 0.2) is 5.13 Å². The topological polar surface area (TPSA) is 76.5 Å². The van der Waals surface area contributed by atoms with Crippen LogP contribution in [0.1, 0.15) is 29.9 Å². The number of aryl methyl sites for hydroxylation is 1. The van der Waals surface area contributed by atoms with Crippen LogP contribution in [0, 0.1) is 13.8 Å². The summed E-state index contributed by atoms with van der Waals surface area (Å²) in [6.45, 7) is 7.80. The number of rotatable bonds is 7. The molecule has 1 aliphatic rings. The van der Waals surface area contributed by atoms with Gasteiger partial charge < -0.3 is 14.6 Å². The molecule has 1 unspecified atom stereocenters. The largest absolute Gasteiger partial charge is 0.379 e. The Hall–Kier alpha value is -2.98. The van der Waals surface area contributed by atoms with Gasteiger partial charge >= 0.3 is 0 Å². The normalized spacial score (nSPS) is 15.6. The van der Waals surface area contributed by atoms with Crippen LogP contribution < -0.4 is 5.32 Å². The van der Waals surface area contributed by atoms with Gasteiger partial charge in [-0.1, -0.05) is 36.4 Å². The summed E-state index contributed by atoms with van der Waals surface area (Å²) in [7, 11) is -3.57. The van der Waals surface area contributed by atoms with Crippen molar-refractivity contribution >= 4 is 26.5 Å². The second-order valence-electron chi connectivity index (χ2n) is 8.95. The molecule has 1 fully saturated rings. The number of aromatic nitrogens is 2. The average Bonchev–Trinajstić information content (AvgIpc) is 3.48. The first kappa shape index (κ1) is 24.7. The molecule has 1 aliphatic heterocycles. The predicted molar refractivity (Wildman–Crippen MR) is 144 cm³/mol. The van der Waals surface area contributed by atoms with Gasteiger partial charge in [0.2, 0.25) is 10.0 Å². The van der Waals surface area contributed by atoms with E-state index in [1.807, 2.05) is 38.1 Å². The molecule has 1 saturated heterocycles. The van der Waals surface area contributed by atoms with Crippen molar-refractivity contribution in [3.63, 3.8) is 0 Å². The minimum absolute atomic E-state index is 0.147. The highest BCUT2D eigenvalue weighted by Crippen LogP contribution is 2.33. The van der Waals surface area contributed by atoms with Crippen molar-refractivity contribution in [3.05, 3.63) is 83.0 Å². The molecule has 1 atom stereocenters. The zero-order chi connectivity index (χ0) is 25.3. The number of hydrogen-bond acceptors (Lipinski definition) is 6. The maximum atomic E-state index is 13.2. The van der Waals surface area contributed by atoms with E-state index >= 15 is 0 Å². The molecular formula is C27H30N4O3S2. The molecule has 7 nitrogen and oxygen atoms in total. The molecular weight excluding hydrogens is 492 g/mol. The Balaban J connectivity index is 1.42. The van der Waals surface area contributed by atoms with Crippen LogP contribution in [-0.2, 0) is 14.8 Å². The maximum Gasteiger partial charge on any atom is 0.243 e. The third-order valence-corrected chi connectivity index (χ3v) is 9.20. The van der Waals surface area contributed by atoms with Crippen molar-refractivity contribution in [2.24, 2.45) is 0 Å². The monoisotopic (exact) mass is 522 g/mol. The molecule has 3 heterocycles. The van der Waals surface area contributed by atoms with Gasteiger partial charge in [0.05, 0.1) is 29.8 Å². The molecule has 1 N–H and O–H groups in total. The molecule has 0 spiro atoms. The molecule has 5 rings (SSSR count). The Morgan fingerprint density at radius 2 is 1.78 bits per heavy atom. The van der Waals surface area contributed by atoms with Gasteiger partial charge in [0.1, 0.15) is 0 Å². The van der Waals surface area contributed by atoms with Gasteiger partial charge in [-0.3, -0.25) is 0 Å². The summed E-state index contributed by atoms with van der Waals surface area (Å²) in [5, 5.41) is 6.42. The number of ether oxygens (including phenoxy) is 1. The lowest BCUT2D eigenvalue weighted by Crippen LogP contribution is -2.40. The molecule has 0 bridgehead atoms. The van der Waals surface area contributed by atoms with Crippen molar-refractivity contribution in [2.75, 3.05) is 31.6 Å². The zero-order valence-corrected chi connectivity index (χ0v) is 22.3. The van der Waals surface area contributed by atoms with Crippen LogP contribution in [0.2, 0.25) is 0 Å². The van der Waals surface area contributed by atoms with Crippen molar-refractivity contribution in [1.82, 2.24) is 13.9 Å². The molecule has 188 valence electrons. The number of hydrogen-bond donors (Lipinski definition) is 1. The molecule has 2 aromatic heterocycles. The average molecular weight is 523 g/mol. The van der Waals surface area contributed by atoms with Crippen LogP contribution in [0.4, 0.5) is 5.13 Å². The second kappa shape index (κ2) is 10.2. The van der Waals surface area contributed by atoms with Gasteiger partial charge in [0.25, 0.3) is 0 Å². The second-order valence-corrected chi connectivity index (χ2v) is 11.7. The lowest BCUT2D eigenvalue weighted by atomic mass is 10.1. The Labute approximate surface area is 216 Å². The highest BCUT2D eigenvalue weighted by molar-refractivity contribution is 7.89. The molecule has 4 aromatic rings. The number of anilines is 1. The Kier molecular flexibility index (Phi) is 6.98. The van der Waals surface area contributed by atoms with E-state index in [2.05, 4.69) is 40.4 Å². The van der Waals surface area contributed by atoms with Crippen LogP contribution >= 0.6 is 11.3 Å². The first-order valence-electron chi connectivity index (χ1n) is 12.0. The number of sulfonamides is 1. The van der Waals surface area contributed by atoms with E-state index in [-0.39, 0.29) is 6.04 Å². The minimum Gasteiger partial charge on any atom is -0.379 e. The van der Waals surface area contributed by atoms with E-state index in [0.717, 1.165) is 33.5 Å². The Morgan fingerprint density at radius 1 is 1.03 bits per heavy atom. The predicted octanol–water partition coefficient (Wildman–Crippen LogP) is 5.41. The summed E-state index contributed by atoms with van der Waals surface area (Å²) in [5.74, 6) is 0. The number of thiazole rings is 1. The highest BCUT2D eigenvalue weighted by Gasteiger charge is 2.27. The number of morpholine rings is 1. The first-order chi connectivity index (χ1) is 17.3. The summed E-state index contributed by atoms with van der Waals surface area (Å²) >= 11 is 1.58. The third kappa shape index (κ3) is 4.84. The van der Waals surface area contributed by atoms with Crippen LogP contribution in [0.5, 0.6) is 0 Å². The van der Waals surface area contributed by atoms with Gasteiger partial charge in [0, 0.05) is 41.1 Å². The van der Waals surface area contributed by atoms with Gasteiger partial charge in [-0.05, 0) is 50.6 Å². The van der Waals surface area contributed by atoms with Crippen molar-refractivity contribution in [1.29, 1.82) is 0 Å². The maximum absolute atomic E-state index is 13.2. The van der Waals surface area contributed by atoms with E-state index in [1.165, 1.54) is 9.87 Å². The summed E-state index contributed by atoms with van der Waals surface area (Å²) in [6.07, 6.45) is 0. The smallest absolute Gasteiger partial charge is 0.243 e. The number of nitrogens with one attached hydrogen (secondary N) is 1. The van der Waals surface area contributed by atoms with E-state index in [9.17, 15) is 8.42 Å². The number of benzene rings is 2. The van der Waals surface area contributed by atoms with Crippen LogP contribution in [0.15, 0.2) is 70.9 Å². The fraction of sp³-hybridized carbons (Fsp3) is 0.296.